The number of amides is 1. The van der Waals surface area contributed by atoms with Crippen LogP contribution in [-0.2, 0) is 10.0 Å². The first-order valence-electron chi connectivity index (χ1n) is 8.33. The summed E-state index contributed by atoms with van der Waals surface area (Å²) in [6.45, 7) is 3.93. The Bertz CT molecular complexity index is 864. The summed E-state index contributed by atoms with van der Waals surface area (Å²) in [6.07, 6.45) is 4.37. The molecule has 0 bridgehead atoms. The standard InChI is InChI=1S/C18H23N3O4S/c1-4-13(5-2)20-18(22)16-8-6-7-9-17(16)26(23,24)21-14-10-15(25-3)12-19-11-14/h6-13,21H,4-5H2,1-3H3,(H,20,22). The maximum atomic E-state index is 12.8. The van der Waals surface area contributed by atoms with Crippen molar-refractivity contribution >= 4 is 21.6 Å². The van der Waals surface area contributed by atoms with Gasteiger partial charge in [0.15, 0.2) is 0 Å². The summed E-state index contributed by atoms with van der Waals surface area (Å²) < 4.78 is 33.1. The molecule has 1 aromatic carbocycles. The zero-order chi connectivity index (χ0) is 19.2. The number of sulfonamides is 1. The van der Waals surface area contributed by atoms with E-state index in [1.54, 1.807) is 12.1 Å². The lowest BCUT2D eigenvalue weighted by molar-refractivity contribution is 0.0931. The summed E-state index contributed by atoms with van der Waals surface area (Å²) in [5.41, 5.74) is 0.349. The molecule has 140 valence electrons. The van der Waals surface area contributed by atoms with Crippen LogP contribution < -0.4 is 14.8 Å². The maximum absolute atomic E-state index is 12.8. The number of aromatic nitrogens is 1. The fourth-order valence-electron chi connectivity index (χ4n) is 2.44. The molecule has 0 saturated carbocycles. The van der Waals surface area contributed by atoms with Gasteiger partial charge < -0.3 is 10.1 Å². The molecule has 0 fully saturated rings. The lowest BCUT2D eigenvalue weighted by Gasteiger charge is -2.17. The molecular formula is C18H23N3O4S. The van der Waals surface area contributed by atoms with Crippen LogP contribution in [0.3, 0.4) is 0 Å². The van der Waals surface area contributed by atoms with Crippen LogP contribution in [0, 0.1) is 0 Å². The van der Waals surface area contributed by atoms with Gasteiger partial charge in [-0.15, -0.1) is 0 Å². The van der Waals surface area contributed by atoms with E-state index in [0.29, 0.717) is 5.75 Å². The van der Waals surface area contributed by atoms with E-state index >= 15 is 0 Å². The molecule has 0 atom stereocenters. The highest BCUT2D eigenvalue weighted by molar-refractivity contribution is 7.92. The number of hydrogen-bond acceptors (Lipinski definition) is 5. The van der Waals surface area contributed by atoms with Gasteiger partial charge in [-0.1, -0.05) is 26.0 Å². The van der Waals surface area contributed by atoms with Crippen LogP contribution in [0.2, 0.25) is 0 Å². The monoisotopic (exact) mass is 377 g/mol. The summed E-state index contributed by atoms with van der Waals surface area (Å²) in [7, 11) is -2.50. The Hall–Kier alpha value is -2.61. The molecule has 2 rings (SSSR count). The van der Waals surface area contributed by atoms with Crippen molar-refractivity contribution in [3.63, 3.8) is 0 Å². The zero-order valence-corrected chi connectivity index (χ0v) is 15.8. The largest absolute Gasteiger partial charge is 0.495 e. The van der Waals surface area contributed by atoms with E-state index in [0.717, 1.165) is 12.8 Å². The Kier molecular flexibility index (Phi) is 6.57. The van der Waals surface area contributed by atoms with Crippen LogP contribution in [0.15, 0.2) is 47.6 Å². The summed E-state index contributed by atoms with van der Waals surface area (Å²) in [6, 6.07) is 7.61. The number of hydrogen-bond donors (Lipinski definition) is 2. The summed E-state index contributed by atoms with van der Waals surface area (Å²) in [5.74, 6) is 0.00778. The van der Waals surface area contributed by atoms with Crippen LogP contribution in [0.25, 0.3) is 0 Å². The van der Waals surface area contributed by atoms with Gasteiger partial charge in [0.2, 0.25) is 0 Å². The number of anilines is 1. The van der Waals surface area contributed by atoms with Crippen molar-refractivity contribution in [1.82, 2.24) is 10.3 Å². The van der Waals surface area contributed by atoms with Crippen LogP contribution in [-0.4, -0.2) is 32.5 Å². The highest BCUT2D eigenvalue weighted by Crippen LogP contribution is 2.22. The fourth-order valence-corrected chi connectivity index (χ4v) is 3.68. The quantitative estimate of drug-likeness (QED) is 0.737. The minimum absolute atomic E-state index is 0.00574. The number of carbonyl (C=O) groups is 1. The van der Waals surface area contributed by atoms with Gasteiger partial charge in [-0.3, -0.25) is 14.5 Å². The van der Waals surface area contributed by atoms with E-state index in [1.165, 1.54) is 37.7 Å². The molecule has 0 unspecified atom stereocenters. The number of pyridine rings is 1. The van der Waals surface area contributed by atoms with E-state index in [9.17, 15) is 13.2 Å². The molecule has 2 aromatic rings. The molecule has 1 heterocycles. The van der Waals surface area contributed by atoms with Crippen LogP contribution >= 0.6 is 0 Å². The number of nitrogens with one attached hydrogen (secondary N) is 2. The van der Waals surface area contributed by atoms with Crippen molar-refractivity contribution in [2.45, 2.75) is 37.6 Å². The first kappa shape index (κ1) is 19.7. The predicted molar refractivity (Wildman–Crippen MR) is 99.9 cm³/mol. The van der Waals surface area contributed by atoms with Gasteiger partial charge in [-0.25, -0.2) is 8.42 Å². The second-order valence-corrected chi connectivity index (χ2v) is 7.35. The van der Waals surface area contributed by atoms with Crippen molar-refractivity contribution in [2.75, 3.05) is 11.8 Å². The number of methoxy groups -OCH3 is 1. The first-order chi connectivity index (χ1) is 12.4. The van der Waals surface area contributed by atoms with Gasteiger partial charge in [-0.2, -0.15) is 0 Å². The molecule has 0 radical (unpaired) electrons. The topological polar surface area (TPSA) is 97.4 Å². The number of nitrogens with zero attached hydrogens (tertiary/aromatic N) is 1. The van der Waals surface area contributed by atoms with Gasteiger partial charge in [0, 0.05) is 12.1 Å². The zero-order valence-electron chi connectivity index (χ0n) is 15.0. The summed E-state index contributed by atoms with van der Waals surface area (Å²) in [5, 5.41) is 2.86. The average molecular weight is 377 g/mol. The highest BCUT2D eigenvalue weighted by atomic mass is 32.2. The van der Waals surface area contributed by atoms with Gasteiger partial charge in [0.25, 0.3) is 15.9 Å². The first-order valence-corrected chi connectivity index (χ1v) is 9.81. The molecule has 0 aliphatic carbocycles. The van der Waals surface area contributed by atoms with Crippen LogP contribution in [0.1, 0.15) is 37.0 Å². The third-order valence-electron chi connectivity index (χ3n) is 3.94. The number of ether oxygens (including phenoxy) is 1. The molecule has 0 aliphatic rings. The van der Waals surface area contributed by atoms with Gasteiger partial charge in [0.05, 0.1) is 30.8 Å². The smallest absolute Gasteiger partial charge is 0.262 e. The average Bonchev–Trinajstić information content (AvgIpc) is 2.65. The SMILES string of the molecule is CCC(CC)NC(=O)c1ccccc1S(=O)(=O)Nc1cncc(OC)c1. The molecule has 1 aromatic heterocycles. The third-order valence-corrected chi connectivity index (χ3v) is 5.38. The third kappa shape index (κ3) is 4.72. The Morgan fingerprint density at radius 3 is 2.54 bits per heavy atom. The second kappa shape index (κ2) is 8.66. The van der Waals surface area contributed by atoms with Crippen molar-refractivity contribution in [1.29, 1.82) is 0 Å². The Morgan fingerprint density at radius 2 is 1.88 bits per heavy atom. The summed E-state index contributed by atoms with van der Waals surface area (Å²) in [4.78, 5) is 16.4. The number of rotatable bonds is 8. The Morgan fingerprint density at radius 1 is 1.19 bits per heavy atom. The van der Waals surface area contributed by atoms with Crippen LogP contribution in [0.4, 0.5) is 5.69 Å². The minimum Gasteiger partial charge on any atom is -0.495 e. The molecule has 0 saturated heterocycles. The summed E-state index contributed by atoms with van der Waals surface area (Å²) >= 11 is 0. The van der Waals surface area contributed by atoms with Gasteiger partial charge in [0.1, 0.15) is 10.6 Å². The molecule has 1 amide bonds. The van der Waals surface area contributed by atoms with Gasteiger partial charge >= 0.3 is 0 Å². The highest BCUT2D eigenvalue weighted by Gasteiger charge is 2.23. The van der Waals surface area contributed by atoms with Gasteiger partial charge in [-0.05, 0) is 25.0 Å². The number of benzene rings is 1. The normalized spacial score (nSPS) is 11.2. The van der Waals surface area contributed by atoms with E-state index in [2.05, 4.69) is 15.0 Å². The lowest BCUT2D eigenvalue weighted by atomic mass is 10.1. The Balaban J connectivity index is 2.33. The van der Waals surface area contributed by atoms with Crippen molar-refractivity contribution in [2.24, 2.45) is 0 Å². The van der Waals surface area contributed by atoms with Crippen LogP contribution in [0.5, 0.6) is 5.75 Å². The van der Waals surface area contributed by atoms with Crippen molar-refractivity contribution in [3.05, 3.63) is 48.3 Å². The van der Waals surface area contributed by atoms with Crippen molar-refractivity contribution in [3.8, 4) is 5.75 Å². The van der Waals surface area contributed by atoms with Crippen molar-refractivity contribution < 1.29 is 17.9 Å². The Labute approximate surface area is 153 Å². The fraction of sp³-hybridized carbons (Fsp3) is 0.333. The van der Waals surface area contributed by atoms with E-state index in [-0.39, 0.29) is 22.2 Å². The number of carbonyl (C=O) groups excluding carboxylic acids is 1. The predicted octanol–water partition coefficient (Wildman–Crippen LogP) is 2.81. The molecule has 7 nitrogen and oxygen atoms in total. The van der Waals surface area contributed by atoms with E-state index < -0.39 is 15.9 Å². The molecule has 8 heteroatoms. The molecule has 0 spiro atoms. The van der Waals surface area contributed by atoms with E-state index in [1.807, 2.05) is 13.8 Å². The van der Waals surface area contributed by atoms with E-state index in [4.69, 9.17) is 4.74 Å². The second-order valence-electron chi connectivity index (χ2n) is 5.70. The molecule has 2 N–H and O–H groups in total. The minimum atomic E-state index is -3.97. The lowest BCUT2D eigenvalue weighted by Crippen LogP contribution is -2.34. The maximum Gasteiger partial charge on any atom is 0.262 e. The molecule has 0 aliphatic heterocycles. The molecule has 26 heavy (non-hydrogen) atoms. The molecular weight excluding hydrogens is 354 g/mol.